The molecular formula is C14H18ClN3O. The van der Waals surface area contributed by atoms with E-state index < -0.39 is 5.60 Å². The maximum atomic E-state index is 10.5. The Balaban J connectivity index is 2.02. The lowest BCUT2D eigenvalue weighted by Gasteiger charge is -2.35. The highest BCUT2D eigenvalue weighted by atomic mass is 35.5. The summed E-state index contributed by atoms with van der Waals surface area (Å²) in [5, 5.41) is 22.8. The second-order valence-electron chi connectivity index (χ2n) is 5.46. The molecule has 2 atom stereocenters. The fourth-order valence-corrected chi connectivity index (χ4v) is 2.91. The molecule has 1 fully saturated rings. The molecule has 0 aliphatic heterocycles. The minimum atomic E-state index is -0.686. The Kier molecular flexibility index (Phi) is 4.28. The molecule has 4 nitrogen and oxygen atoms in total. The van der Waals surface area contributed by atoms with Crippen molar-refractivity contribution in [2.45, 2.75) is 38.2 Å². The van der Waals surface area contributed by atoms with Crippen molar-refractivity contribution in [2.24, 2.45) is 5.92 Å². The zero-order valence-electron chi connectivity index (χ0n) is 11.0. The van der Waals surface area contributed by atoms with Crippen molar-refractivity contribution < 1.29 is 5.11 Å². The summed E-state index contributed by atoms with van der Waals surface area (Å²) in [5.41, 5.74) is -0.222. The molecule has 5 heteroatoms. The standard InChI is InChI=1S/C14H18ClN3O/c1-10-3-2-4-14(19,7-10)9-17-13-6-11(8-16)5-12(15)18-13/h5-6,10,19H,2-4,7,9H2,1H3,(H,17,18). The fourth-order valence-electron chi connectivity index (χ4n) is 2.70. The maximum absolute atomic E-state index is 10.5. The predicted molar refractivity (Wildman–Crippen MR) is 75.0 cm³/mol. The molecule has 2 N–H and O–H groups in total. The number of hydrogen-bond acceptors (Lipinski definition) is 4. The van der Waals surface area contributed by atoms with Gasteiger partial charge in [0.1, 0.15) is 11.0 Å². The Bertz CT molecular complexity index is 500. The molecule has 1 saturated carbocycles. The molecule has 0 bridgehead atoms. The number of rotatable bonds is 3. The quantitative estimate of drug-likeness (QED) is 0.835. The van der Waals surface area contributed by atoms with Crippen molar-refractivity contribution in [1.29, 1.82) is 5.26 Å². The summed E-state index contributed by atoms with van der Waals surface area (Å²) >= 11 is 5.84. The van der Waals surface area contributed by atoms with Gasteiger partial charge in [-0.05, 0) is 30.9 Å². The number of aliphatic hydroxyl groups is 1. The van der Waals surface area contributed by atoms with E-state index in [2.05, 4.69) is 17.2 Å². The lowest BCUT2D eigenvalue weighted by Crippen LogP contribution is -2.41. The first kappa shape index (κ1) is 14.1. The van der Waals surface area contributed by atoms with E-state index in [1.165, 1.54) is 12.5 Å². The fraction of sp³-hybridized carbons (Fsp3) is 0.571. The van der Waals surface area contributed by atoms with Crippen LogP contribution in [0.15, 0.2) is 12.1 Å². The lowest BCUT2D eigenvalue weighted by molar-refractivity contribution is -0.000826. The van der Waals surface area contributed by atoms with Crippen LogP contribution in [0.5, 0.6) is 0 Å². The van der Waals surface area contributed by atoms with Gasteiger partial charge in [0.2, 0.25) is 0 Å². The second-order valence-corrected chi connectivity index (χ2v) is 5.84. The first-order chi connectivity index (χ1) is 9.00. The average molecular weight is 280 g/mol. The third-order valence-corrected chi connectivity index (χ3v) is 3.78. The summed E-state index contributed by atoms with van der Waals surface area (Å²) in [5.74, 6) is 1.08. The van der Waals surface area contributed by atoms with E-state index in [1.807, 2.05) is 6.07 Å². The van der Waals surface area contributed by atoms with Crippen LogP contribution in [-0.4, -0.2) is 22.2 Å². The highest BCUT2D eigenvalue weighted by Crippen LogP contribution is 2.32. The summed E-state index contributed by atoms with van der Waals surface area (Å²) in [4.78, 5) is 4.11. The molecule has 19 heavy (non-hydrogen) atoms. The first-order valence-corrected chi connectivity index (χ1v) is 6.92. The topological polar surface area (TPSA) is 68.9 Å². The van der Waals surface area contributed by atoms with Gasteiger partial charge < -0.3 is 10.4 Å². The van der Waals surface area contributed by atoms with E-state index in [0.29, 0.717) is 23.8 Å². The van der Waals surface area contributed by atoms with Crippen LogP contribution in [0.4, 0.5) is 5.82 Å². The molecule has 0 spiro atoms. The highest BCUT2D eigenvalue weighted by molar-refractivity contribution is 6.29. The smallest absolute Gasteiger partial charge is 0.132 e. The third-order valence-electron chi connectivity index (χ3n) is 3.59. The molecule has 2 rings (SSSR count). The number of aromatic nitrogens is 1. The minimum absolute atomic E-state index is 0.283. The van der Waals surface area contributed by atoms with Crippen molar-refractivity contribution in [2.75, 3.05) is 11.9 Å². The number of pyridine rings is 1. The number of nitrogens with zero attached hydrogens (tertiary/aromatic N) is 2. The Morgan fingerprint density at radius 2 is 2.42 bits per heavy atom. The number of hydrogen-bond donors (Lipinski definition) is 2. The van der Waals surface area contributed by atoms with Gasteiger partial charge in [-0.25, -0.2) is 4.98 Å². The Labute approximate surface area is 118 Å². The van der Waals surface area contributed by atoms with Crippen LogP contribution in [0.2, 0.25) is 5.15 Å². The molecule has 2 unspecified atom stereocenters. The predicted octanol–water partition coefficient (Wildman–Crippen LogP) is 2.96. The Morgan fingerprint density at radius 1 is 1.63 bits per heavy atom. The van der Waals surface area contributed by atoms with Gasteiger partial charge in [-0.3, -0.25) is 0 Å². The van der Waals surface area contributed by atoms with E-state index in [9.17, 15) is 5.11 Å². The third kappa shape index (κ3) is 3.82. The molecule has 0 radical (unpaired) electrons. The Hall–Kier alpha value is -1.31. The summed E-state index contributed by atoms with van der Waals surface area (Å²) in [6.45, 7) is 2.60. The zero-order valence-corrected chi connectivity index (χ0v) is 11.7. The van der Waals surface area contributed by atoms with E-state index in [1.54, 1.807) is 6.07 Å². The van der Waals surface area contributed by atoms with Gasteiger partial charge >= 0.3 is 0 Å². The molecule has 102 valence electrons. The number of anilines is 1. The molecule has 1 aliphatic rings. The van der Waals surface area contributed by atoms with Crippen LogP contribution in [0.1, 0.15) is 38.2 Å². The van der Waals surface area contributed by atoms with Crippen molar-refractivity contribution in [3.63, 3.8) is 0 Å². The van der Waals surface area contributed by atoms with Crippen LogP contribution in [0, 0.1) is 17.2 Å². The SMILES string of the molecule is CC1CCCC(O)(CNc2cc(C#N)cc(Cl)n2)C1. The van der Waals surface area contributed by atoms with Gasteiger partial charge in [0, 0.05) is 6.54 Å². The van der Waals surface area contributed by atoms with Crippen molar-refractivity contribution in [1.82, 2.24) is 4.98 Å². The molecule has 1 aromatic heterocycles. The Morgan fingerprint density at radius 3 is 3.11 bits per heavy atom. The monoisotopic (exact) mass is 279 g/mol. The molecule has 1 aromatic rings. The van der Waals surface area contributed by atoms with Crippen LogP contribution in [0.3, 0.4) is 0 Å². The van der Waals surface area contributed by atoms with Gasteiger partial charge in [-0.1, -0.05) is 31.4 Å². The minimum Gasteiger partial charge on any atom is -0.388 e. The molecule has 0 saturated heterocycles. The number of nitrogens with one attached hydrogen (secondary N) is 1. The van der Waals surface area contributed by atoms with Crippen LogP contribution in [0.25, 0.3) is 0 Å². The highest BCUT2D eigenvalue weighted by Gasteiger charge is 2.32. The van der Waals surface area contributed by atoms with Gasteiger partial charge in [0.15, 0.2) is 0 Å². The molecule has 1 heterocycles. The number of nitriles is 1. The van der Waals surface area contributed by atoms with Crippen LogP contribution >= 0.6 is 11.6 Å². The largest absolute Gasteiger partial charge is 0.388 e. The first-order valence-electron chi connectivity index (χ1n) is 6.55. The van der Waals surface area contributed by atoms with Gasteiger partial charge in [0.05, 0.1) is 17.2 Å². The van der Waals surface area contributed by atoms with E-state index in [-0.39, 0.29) is 5.15 Å². The van der Waals surface area contributed by atoms with Gasteiger partial charge in [-0.15, -0.1) is 0 Å². The van der Waals surface area contributed by atoms with Crippen LogP contribution in [-0.2, 0) is 0 Å². The second kappa shape index (κ2) is 5.77. The van der Waals surface area contributed by atoms with E-state index >= 15 is 0 Å². The molecule has 0 aromatic carbocycles. The number of halogens is 1. The van der Waals surface area contributed by atoms with Crippen molar-refractivity contribution in [3.05, 3.63) is 22.8 Å². The maximum Gasteiger partial charge on any atom is 0.132 e. The van der Waals surface area contributed by atoms with E-state index in [0.717, 1.165) is 19.3 Å². The van der Waals surface area contributed by atoms with Crippen LogP contribution < -0.4 is 5.32 Å². The summed E-state index contributed by atoms with van der Waals surface area (Å²) in [7, 11) is 0. The lowest BCUT2D eigenvalue weighted by atomic mass is 9.79. The van der Waals surface area contributed by atoms with Crippen molar-refractivity contribution >= 4 is 17.4 Å². The van der Waals surface area contributed by atoms with Gasteiger partial charge in [-0.2, -0.15) is 5.26 Å². The summed E-state index contributed by atoms with van der Waals surface area (Å²) < 4.78 is 0. The van der Waals surface area contributed by atoms with Crippen molar-refractivity contribution in [3.8, 4) is 6.07 Å². The molecule has 1 aliphatic carbocycles. The van der Waals surface area contributed by atoms with Gasteiger partial charge in [0.25, 0.3) is 0 Å². The molecule has 0 amide bonds. The summed E-state index contributed by atoms with van der Waals surface area (Å²) in [6, 6.07) is 5.19. The normalized spacial score (nSPS) is 26.7. The summed E-state index contributed by atoms with van der Waals surface area (Å²) in [6.07, 6.45) is 3.82. The average Bonchev–Trinajstić information content (AvgIpc) is 2.35. The van der Waals surface area contributed by atoms with E-state index in [4.69, 9.17) is 16.9 Å². The zero-order chi connectivity index (χ0) is 13.9. The molecular weight excluding hydrogens is 262 g/mol.